The lowest BCUT2D eigenvalue weighted by molar-refractivity contribution is 0.967. The van der Waals surface area contributed by atoms with Crippen LogP contribution in [0.2, 0.25) is 5.02 Å². The predicted octanol–water partition coefficient (Wildman–Crippen LogP) is 3.72. The molecule has 0 saturated heterocycles. The molecule has 18 heavy (non-hydrogen) atoms. The van der Waals surface area contributed by atoms with Crippen molar-refractivity contribution in [3.8, 4) is 11.4 Å². The first kappa shape index (κ1) is 13.3. The van der Waals surface area contributed by atoms with Crippen molar-refractivity contribution in [2.45, 2.75) is 20.3 Å². The van der Waals surface area contributed by atoms with E-state index in [-0.39, 0.29) is 5.56 Å². The van der Waals surface area contributed by atoms with E-state index in [1.165, 1.54) is 0 Å². The molecule has 0 spiro atoms. The monoisotopic (exact) mass is 326 g/mol. The van der Waals surface area contributed by atoms with Crippen LogP contribution >= 0.6 is 27.5 Å². The van der Waals surface area contributed by atoms with Crippen molar-refractivity contribution in [2.75, 3.05) is 0 Å². The number of rotatable bonds is 2. The molecule has 1 aromatic carbocycles. The molecule has 1 N–H and O–H groups in total. The third-order valence-electron chi connectivity index (χ3n) is 2.76. The van der Waals surface area contributed by atoms with E-state index in [4.69, 9.17) is 11.6 Å². The van der Waals surface area contributed by atoms with Crippen molar-refractivity contribution < 1.29 is 0 Å². The van der Waals surface area contributed by atoms with Gasteiger partial charge in [0.1, 0.15) is 5.82 Å². The van der Waals surface area contributed by atoms with Crippen molar-refractivity contribution in [1.82, 2.24) is 9.97 Å². The molecule has 0 aliphatic heterocycles. The Balaban J connectivity index is 2.65. The molecule has 0 unspecified atom stereocenters. The van der Waals surface area contributed by atoms with Crippen molar-refractivity contribution in [2.24, 2.45) is 0 Å². The second-order valence-corrected chi connectivity index (χ2v) is 5.25. The van der Waals surface area contributed by atoms with Gasteiger partial charge in [-0.05, 0) is 31.5 Å². The highest BCUT2D eigenvalue weighted by Crippen LogP contribution is 2.28. The molecule has 0 saturated carbocycles. The summed E-state index contributed by atoms with van der Waals surface area (Å²) in [5.41, 5.74) is 2.16. The molecule has 0 aliphatic carbocycles. The summed E-state index contributed by atoms with van der Waals surface area (Å²) in [6.45, 7) is 3.78. The number of benzene rings is 1. The minimum atomic E-state index is -0.0909. The van der Waals surface area contributed by atoms with Gasteiger partial charge in [-0.25, -0.2) is 4.98 Å². The van der Waals surface area contributed by atoms with E-state index in [1.807, 2.05) is 19.9 Å². The minimum absolute atomic E-state index is 0.0909. The second-order valence-electron chi connectivity index (χ2n) is 3.96. The van der Waals surface area contributed by atoms with Crippen LogP contribution in [0.15, 0.2) is 27.5 Å². The maximum Gasteiger partial charge on any atom is 0.254 e. The Morgan fingerprint density at radius 1 is 1.44 bits per heavy atom. The van der Waals surface area contributed by atoms with Gasteiger partial charge in [0.2, 0.25) is 0 Å². The van der Waals surface area contributed by atoms with E-state index in [0.717, 1.165) is 21.3 Å². The van der Waals surface area contributed by atoms with E-state index < -0.39 is 0 Å². The Hall–Kier alpha value is -1.13. The molecular formula is C13H12BrClN2O. The van der Waals surface area contributed by atoms with Gasteiger partial charge in [0, 0.05) is 26.3 Å². The third kappa shape index (κ3) is 2.49. The minimum Gasteiger partial charge on any atom is -0.306 e. The van der Waals surface area contributed by atoms with Crippen LogP contribution in [0.25, 0.3) is 11.4 Å². The van der Waals surface area contributed by atoms with Crippen LogP contribution in [-0.4, -0.2) is 9.97 Å². The summed E-state index contributed by atoms with van der Waals surface area (Å²) in [4.78, 5) is 19.1. The van der Waals surface area contributed by atoms with Gasteiger partial charge >= 0.3 is 0 Å². The summed E-state index contributed by atoms with van der Waals surface area (Å²) in [5, 5.41) is 0.605. The molecular weight excluding hydrogens is 316 g/mol. The number of hydrogen-bond acceptors (Lipinski definition) is 2. The fraction of sp³-hybridized carbons (Fsp3) is 0.231. The molecule has 0 aliphatic rings. The van der Waals surface area contributed by atoms with Crippen LogP contribution in [0.3, 0.4) is 0 Å². The summed E-state index contributed by atoms with van der Waals surface area (Å²) in [7, 11) is 0. The average Bonchev–Trinajstić information content (AvgIpc) is 2.32. The summed E-state index contributed by atoms with van der Waals surface area (Å²) in [6, 6.07) is 5.39. The molecule has 5 heteroatoms. The van der Waals surface area contributed by atoms with E-state index in [1.54, 1.807) is 12.1 Å². The maximum atomic E-state index is 11.9. The smallest absolute Gasteiger partial charge is 0.254 e. The van der Waals surface area contributed by atoms with E-state index in [9.17, 15) is 4.79 Å². The highest BCUT2D eigenvalue weighted by Gasteiger charge is 2.10. The Bertz CT molecular complexity index is 652. The van der Waals surface area contributed by atoms with Crippen molar-refractivity contribution in [1.29, 1.82) is 0 Å². The van der Waals surface area contributed by atoms with Crippen LogP contribution in [-0.2, 0) is 6.42 Å². The molecule has 1 heterocycles. The van der Waals surface area contributed by atoms with Crippen LogP contribution in [0.1, 0.15) is 18.2 Å². The first-order chi connectivity index (χ1) is 8.52. The van der Waals surface area contributed by atoms with Gasteiger partial charge in [-0.3, -0.25) is 4.79 Å². The number of H-pyrrole nitrogens is 1. The molecule has 0 fully saturated rings. The zero-order valence-electron chi connectivity index (χ0n) is 10.1. The fourth-order valence-corrected chi connectivity index (χ4v) is 2.44. The van der Waals surface area contributed by atoms with Crippen molar-refractivity contribution in [3.63, 3.8) is 0 Å². The van der Waals surface area contributed by atoms with Gasteiger partial charge in [-0.1, -0.05) is 34.5 Å². The molecule has 0 atom stereocenters. The predicted molar refractivity (Wildman–Crippen MR) is 77.1 cm³/mol. The second kappa shape index (κ2) is 5.24. The van der Waals surface area contributed by atoms with Gasteiger partial charge in [0.15, 0.2) is 0 Å². The lowest BCUT2D eigenvalue weighted by Gasteiger charge is -2.07. The Kier molecular flexibility index (Phi) is 3.88. The molecule has 0 bridgehead atoms. The lowest BCUT2D eigenvalue weighted by atomic mass is 10.1. The number of aromatic amines is 1. The molecule has 3 nitrogen and oxygen atoms in total. The van der Waals surface area contributed by atoms with Crippen LogP contribution < -0.4 is 5.56 Å². The highest BCUT2D eigenvalue weighted by atomic mass is 79.9. The van der Waals surface area contributed by atoms with Gasteiger partial charge in [0.05, 0.1) is 0 Å². The zero-order chi connectivity index (χ0) is 13.3. The first-order valence-electron chi connectivity index (χ1n) is 5.58. The van der Waals surface area contributed by atoms with Gasteiger partial charge < -0.3 is 4.98 Å². The first-order valence-corrected chi connectivity index (χ1v) is 6.75. The molecule has 0 amide bonds. The van der Waals surface area contributed by atoms with E-state index in [2.05, 4.69) is 25.9 Å². The van der Waals surface area contributed by atoms with E-state index in [0.29, 0.717) is 17.3 Å². The number of nitrogens with zero attached hydrogens (tertiary/aromatic N) is 1. The Labute approximate surface area is 118 Å². The summed E-state index contributed by atoms with van der Waals surface area (Å²) in [5.74, 6) is 0.532. The standard InChI is InChI=1S/C13H12BrClN2O/c1-3-9-7(2)16-12(17-13(9)18)10-6-8(15)4-5-11(10)14/h4-6H,3H2,1-2H3,(H,16,17,18). The largest absolute Gasteiger partial charge is 0.306 e. The molecule has 1 aromatic heterocycles. The number of halogens is 2. The third-order valence-corrected chi connectivity index (χ3v) is 3.69. The topological polar surface area (TPSA) is 45.8 Å². The summed E-state index contributed by atoms with van der Waals surface area (Å²) < 4.78 is 0.846. The normalized spacial score (nSPS) is 10.7. The lowest BCUT2D eigenvalue weighted by Crippen LogP contribution is -2.16. The highest BCUT2D eigenvalue weighted by molar-refractivity contribution is 9.10. The SMILES string of the molecule is CCc1c(C)nc(-c2cc(Cl)ccc2Br)[nH]c1=O. The maximum absolute atomic E-state index is 11.9. The average molecular weight is 328 g/mol. The Morgan fingerprint density at radius 3 is 2.78 bits per heavy atom. The number of nitrogens with one attached hydrogen (secondary N) is 1. The number of hydrogen-bond donors (Lipinski definition) is 1. The van der Waals surface area contributed by atoms with Crippen LogP contribution in [0.4, 0.5) is 0 Å². The quantitative estimate of drug-likeness (QED) is 0.913. The van der Waals surface area contributed by atoms with Crippen molar-refractivity contribution in [3.05, 3.63) is 49.3 Å². The van der Waals surface area contributed by atoms with Crippen molar-refractivity contribution >= 4 is 27.5 Å². The molecule has 0 radical (unpaired) electrons. The van der Waals surface area contributed by atoms with Gasteiger partial charge in [0.25, 0.3) is 5.56 Å². The Morgan fingerprint density at radius 2 is 2.17 bits per heavy atom. The summed E-state index contributed by atoms with van der Waals surface area (Å²) in [6.07, 6.45) is 0.672. The number of aryl methyl sites for hydroxylation is 1. The van der Waals surface area contributed by atoms with E-state index >= 15 is 0 Å². The number of aromatic nitrogens is 2. The molecule has 2 rings (SSSR count). The van der Waals surface area contributed by atoms with Crippen LogP contribution in [0.5, 0.6) is 0 Å². The fourth-order valence-electron chi connectivity index (χ4n) is 1.83. The summed E-state index contributed by atoms with van der Waals surface area (Å²) >= 11 is 9.40. The zero-order valence-corrected chi connectivity index (χ0v) is 12.4. The molecule has 2 aromatic rings. The van der Waals surface area contributed by atoms with Gasteiger partial charge in [-0.15, -0.1) is 0 Å². The van der Waals surface area contributed by atoms with Gasteiger partial charge in [-0.2, -0.15) is 0 Å². The molecule has 94 valence electrons. The van der Waals surface area contributed by atoms with Crippen LogP contribution in [0, 0.1) is 6.92 Å².